The van der Waals surface area contributed by atoms with Crippen LogP contribution in [0.5, 0.6) is 0 Å². The summed E-state index contributed by atoms with van der Waals surface area (Å²) in [6.07, 6.45) is 3.22. The third-order valence-corrected chi connectivity index (χ3v) is 2.87. The molecule has 0 spiro atoms. The molecule has 0 aromatic carbocycles. The molecule has 1 atom stereocenters. The first-order valence-corrected chi connectivity index (χ1v) is 5.04. The second kappa shape index (κ2) is 3.23. The lowest BCUT2D eigenvalue weighted by molar-refractivity contribution is -0.147. The van der Waals surface area contributed by atoms with Gasteiger partial charge in [0.2, 0.25) is 0 Å². The lowest BCUT2D eigenvalue weighted by Gasteiger charge is -2.22. The van der Waals surface area contributed by atoms with Crippen molar-refractivity contribution in [3.63, 3.8) is 0 Å². The zero-order valence-corrected chi connectivity index (χ0v) is 8.47. The summed E-state index contributed by atoms with van der Waals surface area (Å²) in [7, 11) is 0. The van der Waals surface area contributed by atoms with Gasteiger partial charge in [-0.2, -0.15) is 0 Å². The molecule has 2 rings (SSSR count). The van der Waals surface area contributed by atoms with E-state index in [0.717, 1.165) is 39.1 Å². The van der Waals surface area contributed by atoms with Gasteiger partial charge in [-0.1, -0.05) is 0 Å². The molecule has 0 bridgehead atoms. The van der Waals surface area contributed by atoms with Crippen LogP contribution in [0.2, 0.25) is 0 Å². The Hall–Kier alpha value is -0.120. The van der Waals surface area contributed by atoms with Crippen molar-refractivity contribution in [1.29, 1.82) is 0 Å². The molecule has 1 unspecified atom stereocenters. The highest BCUT2D eigenvalue weighted by Crippen LogP contribution is 2.34. The summed E-state index contributed by atoms with van der Waals surface area (Å²) in [4.78, 5) is 0. The fourth-order valence-corrected chi connectivity index (χ4v) is 1.75. The van der Waals surface area contributed by atoms with Crippen LogP contribution in [0.25, 0.3) is 0 Å². The van der Waals surface area contributed by atoms with Crippen LogP contribution in [-0.2, 0) is 14.2 Å². The molecule has 13 heavy (non-hydrogen) atoms. The smallest absolute Gasteiger partial charge is 0.165 e. The maximum atomic E-state index is 5.51. The Labute approximate surface area is 79.4 Å². The zero-order chi connectivity index (χ0) is 9.36. The first-order valence-electron chi connectivity index (χ1n) is 5.04. The van der Waals surface area contributed by atoms with Crippen molar-refractivity contribution in [2.24, 2.45) is 0 Å². The van der Waals surface area contributed by atoms with E-state index in [1.54, 1.807) is 0 Å². The Morgan fingerprint density at radius 1 is 1.00 bits per heavy atom. The molecule has 2 aliphatic heterocycles. The van der Waals surface area contributed by atoms with Crippen LogP contribution >= 0.6 is 0 Å². The van der Waals surface area contributed by atoms with Gasteiger partial charge in [-0.05, 0) is 26.7 Å². The van der Waals surface area contributed by atoms with E-state index in [4.69, 9.17) is 14.2 Å². The summed E-state index contributed by atoms with van der Waals surface area (Å²) >= 11 is 0. The van der Waals surface area contributed by atoms with Crippen LogP contribution in [0.1, 0.15) is 33.1 Å². The highest BCUT2D eigenvalue weighted by molar-refractivity contribution is 4.87. The molecular formula is C10H18O3. The van der Waals surface area contributed by atoms with Crippen molar-refractivity contribution in [2.75, 3.05) is 19.8 Å². The number of rotatable bonds is 4. The van der Waals surface area contributed by atoms with Crippen LogP contribution in [0, 0.1) is 0 Å². The van der Waals surface area contributed by atoms with Gasteiger partial charge in [0.05, 0.1) is 25.4 Å². The Balaban J connectivity index is 1.66. The molecule has 3 nitrogen and oxygen atoms in total. The average Bonchev–Trinajstić information content (AvgIpc) is 2.62. The summed E-state index contributed by atoms with van der Waals surface area (Å²) in [5.41, 5.74) is 0.176. The molecule has 0 N–H and O–H groups in total. The molecule has 76 valence electrons. The largest absolute Gasteiger partial charge is 0.370 e. The molecule has 0 radical (unpaired) electrons. The lowest BCUT2D eigenvalue weighted by atomic mass is 10.0. The Morgan fingerprint density at radius 2 is 1.62 bits per heavy atom. The van der Waals surface area contributed by atoms with Crippen molar-refractivity contribution < 1.29 is 14.2 Å². The van der Waals surface area contributed by atoms with Gasteiger partial charge in [-0.25, -0.2) is 0 Å². The molecule has 2 saturated heterocycles. The molecule has 3 heteroatoms. The highest BCUT2D eigenvalue weighted by Gasteiger charge is 2.39. The lowest BCUT2D eigenvalue weighted by Crippen LogP contribution is -2.25. The Bertz CT molecular complexity index is 181. The van der Waals surface area contributed by atoms with Gasteiger partial charge >= 0.3 is 0 Å². The van der Waals surface area contributed by atoms with Gasteiger partial charge in [-0.3, -0.25) is 0 Å². The predicted molar refractivity (Wildman–Crippen MR) is 48.5 cm³/mol. The van der Waals surface area contributed by atoms with Crippen LogP contribution in [0.15, 0.2) is 0 Å². The molecule has 0 saturated carbocycles. The van der Waals surface area contributed by atoms with Crippen molar-refractivity contribution in [1.82, 2.24) is 0 Å². The van der Waals surface area contributed by atoms with Gasteiger partial charge in [-0.15, -0.1) is 0 Å². The highest BCUT2D eigenvalue weighted by atomic mass is 16.7. The molecule has 0 aromatic heterocycles. The van der Waals surface area contributed by atoms with E-state index in [1.807, 2.05) is 6.92 Å². The molecular weight excluding hydrogens is 168 g/mol. The fraction of sp³-hybridized carbons (Fsp3) is 1.00. The van der Waals surface area contributed by atoms with E-state index in [-0.39, 0.29) is 11.4 Å². The maximum Gasteiger partial charge on any atom is 0.165 e. The third-order valence-electron chi connectivity index (χ3n) is 2.87. The first kappa shape index (κ1) is 9.44. The van der Waals surface area contributed by atoms with E-state index >= 15 is 0 Å². The summed E-state index contributed by atoms with van der Waals surface area (Å²) < 4.78 is 16.3. The SMILES string of the molecule is CC1(CCCC2(C)OCCO2)CO1. The van der Waals surface area contributed by atoms with Gasteiger partial charge in [0.1, 0.15) is 0 Å². The molecule has 0 aliphatic carbocycles. The summed E-state index contributed by atoms with van der Waals surface area (Å²) in [5.74, 6) is -0.314. The quantitative estimate of drug-likeness (QED) is 0.626. The molecule has 0 amide bonds. The van der Waals surface area contributed by atoms with Gasteiger partial charge in [0.15, 0.2) is 5.79 Å². The van der Waals surface area contributed by atoms with Gasteiger partial charge in [0.25, 0.3) is 0 Å². The normalized spacial score (nSPS) is 36.5. The Morgan fingerprint density at radius 3 is 2.15 bits per heavy atom. The Kier molecular flexibility index (Phi) is 2.34. The number of epoxide rings is 1. The standard InChI is InChI=1S/C10H18O3/c1-9(8-13-9)4-3-5-10(2)11-6-7-12-10/h3-8H2,1-2H3. The van der Waals surface area contributed by atoms with Gasteiger partial charge in [0, 0.05) is 6.42 Å². The van der Waals surface area contributed by atoms with Crippen LogP contribution in [0.4, 0.5) is 0 Å². The number of ether oxygens (including phenoxy) is 3. The van der Waals surface area contributed by atoms with E-state index in [1.165, 1.54) is 0 Å². The average molecular weight is 186 g/mol. The molecule has 2 heterocycles. The second-order valence-electron chi connectivity index (χ2n) is 4.42. The van der Waals surface area contributed by atoms with Crippen LogP contribution < -0.4 is 0 Å². The summed E-state index contributed by atoms with van der Waals surface area (Å²) in [6, 6.07) is 0. The third kappa shape index (κ3) is 2.42. The molecule has 2 fully saturated rings. The minimum Gasteiger partial charge on any atom is -0.370 e. The number of hydrogen-bond donors (Lipinski definition) is 0. The topological polar surface area (TPSA) is 31.0 Å². The minimum atomic E-state index is -0.314. The van der Waals surface area contributed by atoms with Crippen LogP contribution in [0.3, 0.4) is 0 Å². The van der Waals surface area contributed by atoms with Crippen molar-refractivity contribution in [3.8, 4) is 0 Å². The monoisotopic (exact) mass is 186 g/mol. The molecule has 2 aliphatic rings. The van der Waals surface area contributed by atoms with Crippen molar-refractivity contribution in [2.45, 2.75) is 44.5 Å². The fourth-order valence-electron chi connectivity index (χ4n) is 1.75. The first-order chi connectivity index (χ1) is 6.12. The van der Waals surface area contributed by atoms with Crippen molar-refractivity contribution in [3.05, 3.63) is 0 Å². The van der Waals surface area contributed by atoms with Crippen molar-refractivity contribution >= 4 is 0 Å². The predicted octanol–water partition coefficient (Wildman–Crippen LogP) is 1.71. The minimum absolute atomic E-state index is 0.176. The zero-order valence-electron chi connectivity index (χ0n) is 8.47. The number of hydrogen-bond acceptors (Lipinski definition) is 3. The van der Waals surface area contributed by atoms with E-state index in [0.29, 0.717) is 0 Å². The summed E-state index contributed by atoms with van der Waals surface area (Å²) in [6.45, 7) is 6.59. The second-order valence-corrected chi connectivity index (χ2v) is 4.42. The van der Waals surface area contributed by atoms with E-state index < -0.39 is 0 Å². The molecule has 0 aromatic rings. The maximum absolute atomic E-state index is 5.51. The summed E-state index contributed by atoms with van der Waals surface area (Å²) in [5, 5.41) is 0. The van der Waals surface area contributed by atoms with Gasteiger partial charge < -0.3 is 14.2 Å². The van der Waals surface area contributed by atoms with E-state index in [9.17, 15) is 0 Å². The van der Waals surface area contributed by atoms with Crippen LogP contribution in [-0.4, -0.2) is 31.2 Å². The van der Waals surface area contributed by atoms with E-state index in [2.05, 4.69) is 6.92 Å².